The first-order chi connectivity index (χ1) is 5.65. The minimum Gasteiger partial charge on any atom is -0.389 e. The number of aliphatic hydroxyl groups is 1. The molecule has 0 radical (unpaired) electrons. The van der Waals surface area contributed by atoms with Crippen LogP contribution in [0.4, 0.5) is 0 Å². The predicted molar refractivity (Wildman–Crippen MR) is 51.5 cm³/mol. The quantitative estimate of drug-likeness (QED) is 0.750. The Bertz CT molecular complexity index is 269. The summed E-state index contributed by atoms with van der Waals surface area (Å²) in [4.78, 5) is 0. The van der Waals surface area contributed by atoms with Gasteiger partial charge in [0.15, 0.2) is 0 Å². The van der Waals surface area contributed by atoms with Gasteiger partial charge in [0.2, 0.25) is 0 Å². The summed E-state index contributed by atoms with van der Waals surface area (Å²) in [5, 5.41) is 10.1. The van der Waals surface area contributed by atoms with Crippen LogP contribution >= 0.6 is 11.6 Å². The standard InChI is InChI=1S/C10H13ClO/c1-3-8-6-9(7(2)12)4-5-10(8)11/h4-7,12H,3H2,1-2H3/t7-/m0/s1. The molecule has 1 nitrogen and oxygen atoms in total. The Morgan fingerprint density at radius 3 is 2.67 bits per heavy atom. The van der Waals surface area contributed by atoms with Crippen LogP contribution in [-0.4, -0.2) is 5.11 Å². The predicted octanol–water partition coefficient (Wildman–Crippen LogP) is 2.96. The van der Waals surface area contributed by atoms with Crippen molar-refractivity contribution in [2.24, 2.45) is 0 Å². The third-order valence-corrected chi connectivity index (χ3v) is 2.30. The average Bonchev–Trinajstić information content (AvgIpc) is 2.05. The summed E-state index contributed by atoms with van der Waals surface area (Å²) in [5.41, 5.74) is 2.02. The van der Waals surface area contributed by atoms with Crippen LogP contribution in [0.2, 0.25) is 5.02 Å². The van der Waals surface area contributed by atoms with Crippen LogP contribution in [-0.2, 0) is 6.42 Å². The molecular formula is C10H13ClO. The minimum absolute atomic E-state index is 0.410. The summed E-state index contributed by atoms with van der Waals surface area (Å²) in [6, 6.07) is 5.64. The van der Waals surface area contributed by atoms with Crippen LogP contribution < -0.4 is 0 Å². The van der Waals surface area contributed by atoms with E-state index in [0.717, 1.165) is 22.6 Å². The zero-order chi connectivity index (χ0) is 9.14. The van der Waals surface area contributed by atoms with E-state index >= 15 is 0 Å². The fraction of sp³-hybridized carbons (Fsp3) is 0.400. The van der Waals surface area contributed by atoms with Crippen molar-refractivity contribution in [1.82, 2.24) is 0 Å². The van der Waals surface area contributed by atoms with Crippen LogP contribution in [0.15, 0.2) is 18.2 Å². The van der Waals surface area contributed by atoms with Gasteiger partial charge in [0.05, 0.1) is 6.10 Å². The highest BCUT2D eigenvalue weighted by Crippen LogP contribution is 2.21. The Labute approximate surface area is 78.0 Å². The molecule has 1 aromatic rings. The van der Waals surface area contributed by atoms with Crippen LogP contribution in [0.5, 0.6) is 0 Å². The van der Waals surface area contributed by atoms with Gasteiger partial charge in [-0.05, 0) is 30.5 Å². The number of halogens is 1. The summed E-state index contributed by atoms with van der Waals surface area (Å²) in [5.74, 6) is 0. The van der Waals surface area contributed by atoms with Crippen molar-refractivity contribution in [2.75, 3.05) is 0 Å². The molecule has 12 heavy (non-hydrogen) atoms. The van der Waals surface area contributed by atoms with Gasteiger partial charge in [0, 0.05) is 5.02 Å². The molecule has 0 unspecified atom stereocenters. The van der Waals surface area contributed by atoms with Crippen LogP contribution in [0.3, 0.4) is 0 Å². The molecule has 0 aliphatic carbocycles. The van der Waals surface area contributed by atoms with Crippen LogP contribution in [0, 0.1) is 0 Å². The lowest BCUT2D eigenvalue weighted by atomic mass is 10.1. The van der Waals surface area contributed by atoms with Gasteiger partial charge in [-0.1, -0.05) is 30.7 Å². The monoisotopic (exact) mass is 184 g/mol. The molecule has 1 rings (SSSR count). The number of rotatable bonds is 2. The number of aliphatic hydroxyl groups excluding tert-OH is 1. The molecule has 0 fully saturated rings. The highest BCUT2D eigenvalue weighted by Gasteiger charge is 2.03. The van der Waals surface area contributed by atoms with Gasteiger partial charge in [-0.2, -0.15) is 0 Å². The molecule has 0 heterocycles. The Morgan fingerprint density at radius 2 is 2.17 bits per heavy atom. The van der Waals surface area contributed by atoms with E-state index in [1.165, 1.54) is 0 Å². The van der Waals surface area contributed by atoms with Gasteiger partial charge in [-0.15, -0.1) is 0 Å². The molecule has 0 saturated carbocycles. The van der Waals surface area contributed by atoms with Crippen molar-refractivity contribution in [2.45, 2.75) is 26.4 Å². The fourth-order valence-electron chi connectivity index (χ4n) is 1.13. The summed E-state index contributed by atoms with van der Waals surface area (Å²) < 4.78 is 0. The molecule has 0 saturated heterocycles. The molecule has 2 heteroatoms. The summed E-state index contributed by atoms with van der Waals surface area (Å²) in [6.45, 7) is 3.80. The summed E-state index contributed by atoms with van der Waals surface area (Å²) in [7, 11) is 0. The van der Waals surface area contributed by atoms with Crippen molar-refractivity contribution >= 4 is 11.6 Å². The highest BCUT2D eigenvalue weighted by atomic mass is 35.5. The number of hydrogen-bond donors (Lipinski definition) is 1. The van der Waals surface area contributed by atoms with E-state index in [1.54, 1.807) is 6.92 Å². The molecule has 0 bridgehead atoms. The molecule has 66 valence electrons. The van der Waals surface area contributed by atoms with Crippen LogP contribution in [0.25, 0.3) is 0 Å². The van der Waals surface area contributed by atoms with E-state index in [9.17, 15) is 5.11 Å². The normalized spacial score (nSPS) is 13.0. The molecule has 0 amide bonds. The minimum atomic E-state index is -0.410. The number of hydrogen-bond acceptors (Lipinski definition) is 1. The molecule has 0 aromatic heterocycles. The lowest BCUT2D eigenvalue weighted by molar-refractivity contribution is 0.199. The van der Waals surface area contributed by atoms with Crippen molar-refractivity contribution in [1.29, 1.82) is 0 Å². The summed E-state index contributed by atoms with van der Waals surface area (Å²) in [6.07, 6.45) is 0.493. The molecule has 1 atom stereocenters. The summed E-state index contributed by atoms with van der Waals surface area (Å²) >= 11 is 5.92. The van der Waals surface area contributed by atoms with E-state index in [2.05, 4.69) is 0 Å². The van der Waals surface area contributed by atoms with E-state index < -0.39 is 6.10 Å². The van der Waals surface area contributed by atoms with E-state index in [0.29, 0.717) is 0 Å². The topological polar surface area (TPSA) is 20.2 Å². The molecule has 0 aliphatic rings. The maximum Gasteiger partial charge on any atom is 0.0762 e. The number of benzene rings is 1. The largest absolute Gasteiger partial charge is 0.389 e. The lowest BCUT2D eigenvalue weighted by Gasteiger charge is -2.07. The first-order valence-electron chi connectivity index (χ1n) is 4.11. The van der Waals surface area contributed by atoms with Gasteiger partial charge in [0.1, 0.15) is 0 Å². The van der Waals surface area contributed by atoms with E-state index in [4.69, 9.17) is 11.6 Å². The smallest absolute Gasteiger partial charge is 0.0762 e. The second kappa shape index (κ2) is 3.92. The number of aryl methyl sites for hydroxylation is 1. The zero-order valence-electron chi connectivity index (χ0n) is 7.34. The van der Waals surface area contributed by atoms with Crippen molar-refractivity contribution in [3.05, 3.63) is 34.3 Å². The van der Waals surface area contributed by atoms with Crippen molar-refractivity contribution in [3.63, 3.8) is 0 Å². The van der Waals surface area contributed by atoms with Crippen molar-refractivity contribution < 1.29 is 5.11 Å². The molecule has 0 spiro atoms. The second-order valence-corrected chi connectivity index (χ2v) is 3.29. The third kappa shape index (κ3) is 1.99. The van der Waals surface area contributed by atoms with Gasteiger partial charge < -0.3 is 5.11 Å². The van der Waals surface area contributed by atoms with E-state index in [-0.39, 0.29) is 0 Å². The first kappa shape index (κ1) is 9.56. The van der Waals surface area contributed by atoms with Gasteiger partial charge >= 0.3 is 0 Å². The Hall–Kier alpha value is -0.530. The Balaban J connectivity index is 3.05. The first-order valence-corrected chi connectivity index (χ1v) is 4.49. The molecule has 1 aromatic carbocycles. The maximum atomic E-state index is 9.29. The van der Waals surface area contributed by atoms with E-state index in [1.807, 2.05) is 25.1 Å². The van der Waals surface area contributed by atoms with Crippen molar-refractivity contribution in [3.8, 4) is 0 Å². The molecule has 1 N–H and O–H groups in total. The van der Waals surface area contributed by atoms with Crippen LogP contribution in [0.1, 0.15) is 31.1 Å². The lowest BCUT2D eigenvalue weighted by Crippen LogP contribution is -1.92. The third-order valence-electron chi connectivity index (χ3n) is 1.93. The van der Waals surface area contributed by atoms with Gasteiger partial charge in [-0.25, -0.2) is 0 Å². The Kier molecular flexibility index (Phi) is 3.12. The second-order valence-electron chi connectivity index (χ2n) is 2.88. The zero-order valence-corrected chi connectivity index (χ0v) is 8.10. The fourth-order valence-corrected chi connectivity index (χ4v) is 1.38. The van der Waals surface area contributed by atoms with Gasteiger partial charge in [-0.3, -0.25) is 0 Å². The highest BCUT2D eigenvalue weighted by molar-refractivity contribution is 6.31. The Morgan fingerprint density at radius 1 is 1.50 bits per heavy atom. The molecular weight excluding hydrogens is 172 g/mol. The molecule has 0 aliphatic heterocycles. The average molecular weight is 185 g/mol. The maximum absolute atomic E-state index is 9.29. The SMILES string of the molecule is CCc1cc([C@H](C)O)ccc1Cl. The van der Waals surface area contributed by atoms with Gasteiger partial charge in [0.25, 0.3) is 0 Å².